The highest BCUT2D eigenvalue weighted by Gasteiger charge is 2.44. The molecule has 0 radical (unpaired) electrons. The number of ether oxygens (including phenoxy) is 1. The lowest BCUT2D eigenvalue weighted by Crippen LogP contribution is -2.37. The third-order valence-corrected chi connectivity index (χ3v) is 4.40. The Morgan fingerprint density at radius 2 is 2.15 bits per heavy atom. The van der Waals surface area contributed by atoms with Gasteiger partial charge in [-0.25, -0.2) is 19.5 Å². The molecule has 3 rings (SSSR count). The maximum Gasteiger partial charge on any atom is 0.469 e. The molecule has 2 unspecified atom stereocenters. The summed E-state index contributed by atoms with van der Waals surface area (Å²) in [7, 11) is -3.06. The van der Waals surface area contributed by atoms with Crippen LogP contribution in [-0.2, 0) is 20.2 Å². The number of aliphatic hydroxyl groups excluding tert-OH is 2. The molecule has 2 aliphatic heterocycles. The molecule has 0 aliphatic carbocycles. The maximum atomic E-state index is 10.8. The van der Waals surface area contributed by atoms with E-state index in [2.05, 4.69) is 24.9 Å². The van der Waals surface area contributed by atoms with Crippen LogP contribution in [0.2, 0.25) is 0 Å². The predicted molar refractivity (Wildman–Crippen MR) is 88.1 cm³/mol. The van der Waals surface area contributed by atoms with E-state index in [-0.39, 0.29) is 6.42 Å². The van der Waals surface area contributed by atoms with E-state index in [4.69, 9.17) is 20.3 Å². The molecule has 144 valence electrons. The van der Waals surface area contributed by atoms with Gasteiger partial charge >= 0.3 is 7.82 Å². The SMILES string of the molecule is CN1N=C(N)Cc2c(N[C@@H]3O[C@H](COP(=O)(O)O)C(O)C3O)ncnc21. The van der Waals surface area contributed by atoms with Crippen molar-refractivity contribution in [2.45, 2.75) is 31.0 Å². The van der Waals surface area contributed by atoms with Crippen molar-refractivity contribution >= 4 is 25.3 Å². The summed E-state index contributed by atoms with van der Waals surface area (Å²) < 4.78 is 20.5. The molecule has 13 nitrogen and oxygen atoms in total. The van der Waals surface area contributed by atoms with Crippen molar-refractivity contribution in [3.8, 4) is 0 Å². The average Bonchev–Trinajstić information content (AvgIpc) is 2.81. The van der Waals surface area contributed by atoms with E-state index >= 15 is 0 Å². The highest BCUT2D eigenvalue weighted by molar-refractivity contribution is 7.46. The summed E-state index contributed by atoms with van der Waals surface area (Å²) >= 11 is 0. The lowest BCUT2D eigenvalue weighted by Gasteiger charge is -2.25. The Labute approximate surface area is 147 Å². The number of phosphoric acid groups is 1. The van der Waals surface area contributed by atoms with Gasteiger partial charge in [0.1, 0.15) is 36.3 Å². The number of hydrazone groups is 1. The Kier molecular flexibility index (Phi) is 5.12. The van der Waals surface area contributed by atoms with Gasteiger partial charge in [-0.2, -0.15) is 5.10 Å². The smallest absolute Gasteiger partial charge is 0.387 e. The van der Waals surface area contributed by atoms with Gasteiger partial charge in [-0.3, -0.25) is 4.52 Å². The molecule has 7 N–H and O–H groups in total. The summed E-state index contributed by atoms with van der Waals surface area (Å²) in [5.41, 5.74) is 6.41. The van der Waals surface area contributed by atoms with Crippen molar-refractivity contribution in [1.29, 1.82) is 0 Å². The van der Waals surface area contributed by atoms with Crippen LogP contribution in [0, 0.1) is 0 Å². The van der Waals surface area contributed by atoms with E-state index < -0.39 is 39.0 Å². The van der Waals surface area contributed by atoms with Crippen LogP contribution in [0.5, 0.6) is 0 Å². The number of nitrogens with two attached hydrogens (primary N) is 1. The number of aliphatic hydroxyl groups is 2. The number of hydrogen-bond acceptors (Lipinski definition) is 11. The maximum absolute atomic E-state index is 10.8. The number of hydrogen-bond donors (Lipinski definition) is 6. The fraction of sp³-hybridized carbons (Fsp3) is 0.583. The lowest BCUT2D eigenvalue weighted by atomic mass is 10.1. The first kappa shape index (κ1) is 18.9. The van der Waals surface area contributed by atoms with Crippen LogP contribution in [-0.4, -0.2) is 74.0 Å². The van der Waals surface area contributed by atoms with Gasteiger partial charge in [0.15, 0.2) is 12.0 Å². The Bertz CT molecular complexity index is 758. The van der Waals surface area contributed by atoms with E-state index in [0.29, 0.717) is 23.0 Å². The summed E-state index contributed by atoms with van der Waals surface area (Å²) in [6.45, 7) is -0.592. The largest absolute Gasteiger partial charge is 0.469 e. The zero-order chi connectivity index (χ0) is 19.1. The first-order valence-electron chi connectivity index (χ1n) is 7.54. The Morgan fingerprint density at radius 3 is 2.85 bits per heavy atom. The van der Waals surface area contributed by atoms with Crippen molar-refractivity contribution in [3.63, 3.8) is 0 Å². The number of phosphoric ester groups is 1. The number of aromatic nitrogens is 2. The number of rotatable bonds is 5. The minimum atomic E-state index is -4.73. The number of nitrogens with one attached hydrogen (secondary N) is 1. The second kappa shape index (κ2) is 7.04. The number of nitrogens with zero attached hydrogens (tertiary/aromatic N) is 4. The third-order valence-electron chi connectivity index (χ3n) is 3.91. The topological polar surface area (TPSA) is 196 Å². The first-order valence-corrected chi connectivity index (χ1v) is 9.07. The molecule has 1 fully saturated rings. The van der Waals surface area contributed by atoms with Crippen molar-refractivity contribution < 1.29 is 33.8 Å². The van der Waals surface area contributed by atoms with Crippen LogP contribution in [0.25, 0.3) is 0 Å². The molecule has 0 aromatic carbocycles. The fourth-order valence-corrected chi connectivity index (χ4v) is 3.08. The third kappa shape index (κ3) is 3.94. The summed E-state index contributed by atoms with van der Waals surface area (Å²) in [5, 5.41) is 28.5. The summed E-state index contributed by atoms with van der Waals surface area (Å²) in [6, 6.07) is 0. The Hall–Kier alpha value is -1.86. The predicted octanol–water partition coefficient (Wildman–Crippen LogP) is -2.29. The van der Waals surface area contributed by atoms with Crippen LogP contribution in [0.4, 0.5) is 11.6 Å². The molecule has 0 spiro atoms. The molecule has 14 heteroatoms. The van der Waals surface area contributed by atoms with E-state index in [0.717, 1.165) is 0 Å². The molecule has 3 heterocycles. The molecule has 1 aromatic heterocycles. The van der Waals surface area contributed by atoms with Crippen molar-refractivity contribution in [3.05, 3.63) is 11.9 Å². The van der Waals surface area contributed by atoms with Crippen molar-refractivity contribution in [2.24, 2.45) is 10.8 Å². The lowest BCUT2D eigenvalue weighted by molar-refractivity contribution is -0.0152. The van der Waals surface area contributed by atoms with E-state index in [1.165, 1.54) is 11.3 Å². The minimum Gasteiger partial charge on any atom is -0.387 e. The van der Waals surface area contributed by atoms with Gasteiger partial charge in [0.05, 0.1) is 6.61 Å². The van der Waals surface area contributed by atoms with Gasteiger partial charge in [-0.15, -0.1) is 0 Å². The van der Waals surface area contributed by atoms with Gasteiger partial charge in [-0.1, -0.05) is 0 Å². The van der Waals surface area contributed by atoms with Crippen LogP contribution in [0.3, 0.4) is 0 Å². The molecule has 0 bridgehead atoms. The second-order valence-corrected chi connectivity index (χ2v) is 7.06. The van der Waals surface area contributed by atoms with Crippen LogP contribution in [0.15, 0.2) is 11.4 Å². The van der Waals surface area contributed by atoms with Crippen LogP contribution < -0.4 is 16.1 Å². The normalized spacial score (nSPS) is 28.7. The number of amidine groups is 1. The van der Waals surface area contributed by atoms with Gasteiger partial charge in [0.25, 0.3) is 0 Å². The molecule has 0 amide bonds. The standard InChI is InChI=1S/C12H19N6O7P/c1-18-11-5(2-7(13)17-18)10(14-4-15-11)16-12-9(20)8(19)6(25-12)3-24-26(21,22)23/h4,6,8-9,12,19-20H,2-3H2,1H3,(H2,13,17)(H,14,15,16)(H2,21,22,23)/t6-,8?,9?,12-/m1/s1. The highest BCUT2D eigenvalue weighted by Crippen LogP contribution is 2.37. The number of fused-ring (bicyclic) bond motifs is 1. The van der Waals surface area contributed by atoms with Crippen molar-refractivity contribution in [2.75, 3.05) is 24.0 Å². The molecular weight excluding hydrogens is 371 g/mol. The Balaban J connectivity index is 1.74. The molecule has 1 aromatic rings. The quantitative estimate of drug-likeness (QED) is 0.295. The van der Waals surface area contributed by atoms with E-state index in [1.807, 2.05) is 0 Å². The highest BCUT2D eigenvalue weighted by atomic mass is 31.2. The summed E-state index contributed by atoms with van der Waals surface area (Å²) in [5.74, 6) is 1.19. The average molecular weight is 390 g/mol. The summed E-state index contributed by atoms with van der Waals surface area (Å²) in [4.78, 5) is 25.7. The second-order valence-electron chi connectivity index (χ2n) is 5.82. The van der Waals surface area contributed by atoms with Gasteiger partial charge in [-0.05, 0) is 0 Å². The van der Waals surface area contributed by atoms with E-state index in [9.17, 15) is 14.8 Å². The van der Waals surface area contributed by atoms with Gasteiger partial charge in [0, 0.05) is 19.0 Å². The first-order chi connectivity index (χ1) is 12.2. The molecule has 26 heavy (non-hydrogen) atoms. The number of anilines is 2. The fourth-order valence-electron chi connectivity index (χ4n) is 2.74. The molecular formula is C12H19N6O7P. The molecule has 2 aliphatic rings. The molecule has 4 atom stereocenters. The van der Waals surface area contributed by atoms with Gasteiger partial charge < -0.3 is 35.8 Å². The van der Waals surface area contributed by atoms with Gasteiger partial charge in [0.2, 0.25) is 0 Å². The van der Waals surface area contributed by atoms with Crippen LogP contribution >= 0.6 is 7.82 Å². The zero-order valence-electron chi connectivity index (χ0n) is 13.6. The minimum absolute atomic E-state index is 0.277. The van der Waals surface area contributed by atoms with E-state index in [1.54, 1.807) is 7.05 Å². The molecule has 0 saturated carbocycles. The summed E-state index contributed by atoms with van der Waals surface area (Å²) in [6.07, 6.45) is -3.44. The van der Waals surface area contributed by atoms with Crippen molar-refractivity contribution in [1.82, 2.24) is 9.97 Å². The molecule has 1 saturated heterocycles. The monoisotopic (exact) mass is 390 g/mol. The van der Waals surface area contributed by atoms with Crippen LogP contribution in [0.1, 0.15) is 5.56 Å². The Morgan fingerprint density at radius 1 is 1.42 bits per heavy atom. The zero-order valence-corrected chi connectivity index (χ0v) is 14.5.